The number of rotatable bonds is 4. The van der Waals surface area contributed by atoms with Gasteiger partial charge in [0, 0.05) is 33.3 Å². The summed E-state index contributed by atoms with van der Waals surface area (Å²) in [5, 5.41) is 0. The summed E-state index contributed by atoms with van der Waals surface area (Å²) in [6.45, 7) is 14.5. The van der Waals surface area contributed by atoms with Crippen LogP contribution in [-0.2, 0) is 21.7 Å². The summed E-state index contributed by atoms with van der Waals surface area (Å²) < 4.78 is 7.05. The maximum absolute atomic E-state index is 7.05. The van der Waals surface area contributed by atoms with Crippen molar-refractivity contribution in [1.29, 1.82) is 0 Å². The van der Waals surface area contributed by atoms with Gasteiger partial charge in [-0.2, -0.15) is 0 Å². The fourth-order valence-corrected chi connectivity index (χ4v) is 14.0. The van der Waals surface area contributed by atoms with Crippen LogP contribution in [0, 0.1) is 23.7 Å². The lowest BCUT2D eigenvalue weighted by molar-refractivity contribution is -0.0449. The maximum Gasteiger partial charge on any atom is 0.133 e. The van der Waals surface area contributed by atoms with Crippen molar-refractivity contribution in [2.45, 2.75) is 108 Å². The average Bonchev–Trinajstić information content (AvgIpc) is 3.46. The summed E-state index contributed by atoms with van der Waals surface area (Å²) in [6, 6.07) is 49.2. The number of fused-ring (bicyclic) bond motifs is 6. The molecule has 0 saturated heterocycles. The molecular formula is C57H57NO. The number of hydrogen-bond acceptors (Lipinski definition) is 2. The Morgan fingerprint density at radius 2 is 1.08 bits per heavy atom. The van der Waals surface area contributed by atoms with Crippen LogP contribution in [0.4, 0.5) is 17.1 Å². The Hall–Kier alpha value is -5.08. The molecule has 0 radical (unpaired) electrons. The molecule has 0 unspecified atom stereocenters. The second-order valence-corrected chi connectivity index (χ2v) is 21.2. The quantitative estimate of drug-likeness (QED) is 0.177. The van der Waals surface area contributed by atoms with Gasteiger partial charge in [0.05, 0.1) is 5.69 Å². The first kappa shape index (κ1) is 35.8. The van der Waals surface area contributed by atoms with E-state index in [1.807, 2.05) is 0 Å². The van der Waals surface area contributed by atoms with E-state index in [1.165, 1.54) is 118 Å². The first-order chi connectivity index (χ1) is 28.4. The Bertz CT molecular complexity index is 2660. The number of para-hydroxylation sites is 1. The van der Waals surface area contributed by atoms with Crippen molar-refractivity contribution >= 4 is 17.1 Å². The van der Waals surface area contributed by atoms with Gasteiger partial charge in [-0.3, -0.25) is 0 Å². The second kappa shape index (κ2) is 12.2. The third-order valence-electron chi connectivity index (χ3n) is 16.8. The standard InChI is InChI=1S/C57H57NO/c1-54(2)26-27-55(3,4)49-33-38(20-25-46(49)54)37-18-21-41(22-19-37)58(42-23-24-44-43-12-7-8-13-45(43)56(5,6)48(44)34-42)50-15-11-17-52-53(50)57(47-14-9-10-16-51(47)59-52)39-29-35-28-36(31-39)32-40(57)30-35/h7-25,33-36,39-40H,26-32H2,1-6H3. The van der Waals surface area contributed by atoms with Crippen LogP contribution in [0.1, 0.15) is 120 Å². The highest BCUT2D eigenvalue weighted by molar-refractivity contribution is 5.88. The molecule has 296 valence electrons. The molecule has 2 heteroatoms. The normalized spacial score (nSPS) is 26.6. The van der Waals surface area contributed by atoms with E-state index in [-0.39, 0.29) is 21.7 Å². The molecule has 4 saturated carbocycles. The van der Waals surface area contributed by atoms with E-state index in [4.69, 9.17) is 4.74 Å². The lowest BCUT2D eigenvalue weighted by Crippen LogP contribution is -2.57. The Kier molecular flexibility index (Phi) is 7.44. The molecular weight excluding hydrogens is 715 g/mol. The number of ether oxygens (including phenoxy) is 1. The Morgan fingerprint density at radius 1 is 0.475 bits per heavy atom. The van der Waals surface area contributed by atoms with Crippen LogP contribution in [0.2, 0.25) is 0 Å². The fraction of sp³-hybridized carbons (Fsp3) is 0.368. The van der Waals surface area contributed by atoms with Crippen LogP contribution < -0.4 is 9.64 Å². The van der Waals surface area contributed by atoms with Crippen LogP contribution in [0.3, 0.4) is 0 Å². The molecule has 4 fully saturated rings. The predicted molar refractivity (Wildman–Crippen MR) is 244 cm³/mol. The van der Waals surface area contributed by atoms with Crippen LogP contribution in [0.25, 0.3) is 22.3 Å². The molecule has 0 N–H and O–H groups in total. The van der Waals surface area contributed by atoms with Gasteiger partial charge < -0.3 is 9.64 Å². The lowest BCUT2D eigenvalue weighted by atomic mass is 9.41. The Labute approximate surface area is 351 Å². The number of hydrogen-bond donors (Lipinski definition) is 0. The zero-order chi connectivity index (χ0) is 40.1. The van der Waals surface area contributed by atoms with E-state index >= 15 is 0 Å². The Balaban J connectivity index is 1.06. The summed E-state index contributed by atoms with van der Waals surface area (Å²) in [5.74, 6) is 5.05. The van der Waals surface area contributed by atoms with Crippen molar-refractivity contribution in [3.05, 3.63) is 161 Å². The molecule has 0 amide bonds. The molecule has 1 heterocycles. The van der Waals surface area contributed by atoms with Crippen molar-refractivity contribution in [3.63, 3.8) is 0 Å². The summed E-state index contributed by atoms with van der Waals surface area (Å²) >= 11 is 0. The third kappa shape index (κ3) is 4.98. The van der Waals surface area contributed by atoms with E-state index in [9.17, 15) is 0 Å². The molecule has 13 rings (SSSR count). The molecule has 6 aliphatic carbocycles. The first-order valence-electron chi connectivity index (χ1n) is 22.6. The minimum absolute atomic E-state index is 0.0810. The minimum Gasteiger partial charge on any atom is -0.457 e. The highest BCUT2D eigenvalue weighted by Gasteiger charge is 2.62. The second-order valence-electron chi connectivity index (χ2n) is 21.2. The van der Waals surface area contributed by atoms with Gasteiger partial charge in [-0.15, -0.1) is 0 Å². The maximum atomic E-state index is 7.05. The smallest absolute Gasteiger partial charge is 0.133 e. The van der Waals surface area contributed by atoms with E-state index in [0.717, 1.165) is 23.3 Å². The first-order valence-corrected chi connectivity index (χ1v) is 22.6. The zero-order valence-electron chi connectivity index (χ0n) is 35.7. The van der Waals surface area contributed by atoms with Gasteiger partial charge in [0.2, 0.25) is 0 Å². The van der Waals surface area contributed by atoms with Gasteiger partial charge in [0.15, 0.2) is 0 Å². The third-order valence-corrected chi connectivity index (χ3v) is 16.8. The predicted octanol–water partition coefficient (Wildman–Crippen LogP) is 15.3. The average molecular weight is 772 g/mol. The zero-order valence-corrected chi connectivity index (χ0v) is 35.7. The Morgan fingerprint density at radius 3 is 1.83 bits per heavy atom. The van der Waals surface area contributed by atoms with Gasteiger partial charge in [-0.25, -0.2) is 0 Å². The topological polar surface area (TPSA) is 12.5 Å². The number of nitrogens with zero attached hydrogens (tertiary/aromatic N) is 1. The van der Waals surface area contributed by atoms with Gasteiger partial charge in [0.25, 0.3) is 0 Å². The van der Waals surface area contributed by atoms with Gasteiger partial charge >= 0.3 is 0 Å². The molecule has 6 aromatic carbocycles. The largest absolute Gasteiger partial charge is 0.457 e. The molecule has 4 bridgehead atoms. The molecule has 7 aliphatic rings. The van der Waals surface area contributed by atoms with Crippen LogP contribution >= 0.6 is 0 Å². The molecule has 59 heavy (non-hydrogen) atoms. The van der Waals surface area contributed by atoms with Crippen molar-refractivity contribution in [2.24, 2.45) is 23.7 Å². The molecule has 1 spiro atoms. The van der Waals surface area contributed by atoms with E-state index in [2.05, 4.69) is 174 Å². The summed E-state index contributed by atoms with van der Waals surface area (Å²) in [5.41, 5.74) is 17.8. The molecule has 6 aromatic rings. The van der Waals surface area contributed by atoms with Gasteiger partial charge in [0.1, 0.15) is 11.5 Å². The molecule has 1 aliphatic heterocycles. The lowest BCUT2D eigenvalue weighted by Gasteiger charge is -2.63. The van der Waals surface area contributed by atoms with Crippen molar-refractivity contribution in [1.82, 2.24) is 0 Å². The van der Waals surface area contributed by atoms with Crippen LogP contribution in [0.5, 0.6) is 11.5 Å². The van der Waals surface area contributed by atoms with E-state index in [0.29, 0.717) is 11.8 Å². The van der Waals surface area contributed by atoms with Crippen LogP contribution in [0.15, 0.2) is 127 Å². The summed E-state index contributed by atoms with van der Waals surface area (Å²) in [4.78, 5) is 2.60. The van der Waals surface area contributed by atoms with Crippen LogP contribution in [-0.4, -0.2) is 0 Å². The molecule has 0 atom stereocenters. The fourth-order valence-electron chi connectivity index (χ4n) is 14.0. The van der Waals surface area contributed by atoms with Gasteiger partial charge in [-0.1, -0.05) is 126 Å². The molecule has 2 nitrogen and oxygen atoms in total. The highest BCUT2D eigenvalue weighted by atomic mass is 16.5. The van der Waals surface area contributed by atoms with E-state index < -0.39 is 0 Å². The van der Waals surface area contributed by atoms with Crippen molar-refractivity contribution in [3.8, 4) is 33.8 Å². The SMILES string of the molecule is CC1(C)CCC(C)(C)c2cc(-c3ccc(N(c4ccc5c(c4)C(C)(C)c4ccccc4-5)c4cccc5c4C4(c6ccccc6O5)C5CC6CC(C5)CC4C6)cc3)ccc21. The van der Waals surface area contributed by atoms with Crippen molar-refractivity contribution in [2.75, 3.05) is 4.90 Å². The van der Waals surface area contributed by atoms with E-state index in [1.54, 1.807) is 0 Å². The highest BCUT2D eigenvalue weighted by Crippen LogP contribution is 2.70. The summed E-state index contributed by atoms with van der Waals surface area (Å²) in [6.07, 6.45) is 9.17. The molecule has 0 aromatic heterocycles. The van der Waals surface area contributed by atoms with Crippen molar-refractivity contribution < 1.29 is 4.74 Å². The summed E-state index contributed by atoms with van der Waals surface area (Å²) in [7, 11) is 0. The minimum atomic E-state index is -0.104. The number of benzene rings is 6. The number of anilines is 3. The monoisotopic (exact) mass is 771 g/mol. The van der Waals surface area contributed by atoms with Gasteiger partial charge in [-0.05, 0) is 166 Å².